The van der Waals surface area contributed by atoms with Crippen LogP contribution in [-0.4, -0.2) is 5.91 Å². The maximum absolute atomic E-state index is 12.3. The van der Waals surface area contributed by atoms with Crippen LogP contribution in [0.1, 0.15) is 42.9 Å². The van der Waals surface area contributed by atoms with Crippen LogP contribution in [0.25, 0.3) is 0 Å². The SMILES string of the molecule is O=C(Cc1ccsc1)NC(c1ccccc1)C1CCCC1. The second kappa shape index (κ2) is 6.90. The van der Waals surface area contributed by atoms with E-state index in [1.165, 1.54) is 31.2 Å². The molecule has 1 heterocycles. The minimum absolute atomic E-state index is 0.133. The van der Waals surface area contributed by atoms with Gasteiger partial charge in [-0.15, -0.1) is 0 Å². The lowest BCUT2D eigenvalue weighted by molar-refractivity contribution is -0.121. The third-order valence-electron chi connectivity index (χ3n) is 4.29. The highest BCUT2D eigenvalue weighted by atomic mass is 32.1. The maximum Gasteiger partial charge on any atom is 0.224 e. The summed E-state index contributed by atoms with van der Waals surface area (Å²) < 4.78 is 0. The van der Waals surface area contributed by atoms with E-state index in [0.717, 1.165) is 5.56 Å². The quantitative estimate of drug-likeness (QED) is 0.874. The van der Waals surface area contributed by atoms with Crippen LogP contribution in [0.15, 0.2) is 47.2 Å². The molecule has 3 rings (SSSR count). The minimum Gasteiger partial charge on any atom is -0.349 e. The Hall–Kier alpha value is -1.61. The Balaban J connectivity index is 1.71. The van der Waals surface area contributed by atoms with E-state index in [-0.39, 0.29) is 11.9 Å². The lowest BCUT2D eigenvalue weighted by Crippen LogP contribution is -2.33. The Morgan fingerprint density at radius 2 is 1.95 bits per heavy atom. The number of rotatable bonds is 5. The number of nitrogens with one attached hydrogen (secondary N) is 1. The van der Waals surface area contributed by atoms with Crippen molar-refractivity contribution in [1.82, 2.24) is 5.32 Å². The zero-order valence-electron chi connectivity index (χ0n) is 12.1. The molecule has 1 amide bonds. The van der Waals surface area contributed by atoms with Crippen LogP contribution in [0.4, 0.5) is 0 Å². The van der Waals surface area contributed by atoms with Crippen LogP contribution in [0.2, 0.25) is 0 Å². The molecule has 1 aliphatic rings. The summed E-state index contributed by atoms with van der Waals surface area (Å²) in [5.74, 6) is 0.716. The Morgan fingerprint density at radius 3 is 2.62 bits per heavy atom. The first-order valence-electron chi connectivity index (χ1n) is 7.68. The third-order valence-corrected chi connectivity index (χ3v) is 5.02. The van der Waals surface area contributed by atoms with Gasteiger partial charge < -0.3 is 5.32 Å². The second-order valence-corrected chi connectivity index (χ2v) is 6.59. The summed E-state index contributed by atoms with van der Waals surface area (Å²) in [4.78, 5) is 12.3. The van der Waals surface area contributed by atoms with Crippen LogP contribution in [-0.2, 0) is 11.2 Å². The molecule has 0 saturated heterocycles. The summed E-state index contributed by atoms with van der Waals surface area (Å²) >= 11 is 1.64. The monoisotopic (exact) mass is 299 g/mol. The van der Waals surface area contributed by atoms with E-state index in [0.29, 0.717) is 12.3 Å². The van der Waals surface area contributed by atoms with Gasteiger partial charge in [-0.25, -0.2) is 0 Å². The average molecular weight is 299 g/mol. The van der Waals surface area contributed by atoms with E-state index < -0.39 is 0 Å². The summed E-state index contributed by atoms with van der Waals surface area (Å²) in [5, 5.41) is 7.35. The molecule has 1 aliphatic carbocycles. The van der Waals surface area contributed by atoms with Crippen molar-refractivity contribution in [3.63, 3.8) is 0 Å². The molecule has 1 atom stereocenters. The van der Waals surface area contributed by atoms with Gasteiger partial charge in [-0.05, 0) is 46.7 Å². The van der Waals surface area contributed by atoms with Gasteiger partial charge in [0.25, 0.3) is 0 Å². The standard InChI is InChI=1S/C18H21NOS/c20-17(12-14-10-11-21-13-14)19-18(16-8-4-5-9-16)15-6-2-1-3-7-15/h1-3,6-7,10-11,13,16,18H,4-5,8-9,12H2,(H,19,20). The van der Waals surface area contributed by atoms with Crippen molar-refractivity contribution in [2.45, 2.75) is 38.1 Å². The van der Waals surface area contributed by atoms with Crippen molar-refractivity contribution in [3.8, 4) is 0 Å². The smallest absolute Gasteiger partial charge is 0.224 e. The largest absolute Gasteiger partial charge is 0.349 e. The average Bonchev–Trinajstić information content (AvgIpc) is 3.19. The van der Waals surface area contributed by atoms with Gasteiger partial charge in [0.15, 0.2) is 0 Å². The zero-order valence-corrected chi connectivity index (χ0v) is 12.9. The maximum atomic E-state index is 12.3. The highest BCUT2D eigenvalue weighted by molar-refractivity contribution is 7.07. The van der Waals surface area contributed by atoms with E-state index in [2.05, 4.69) is 29.6 Å². The van der Waals surface area contributed by atoms with E-state index in [9.17, 15) is 4.79 Å². The first kappa shape index (κ1) is 14.3. The summed E-state index contributed by atoms with van der Waals surface area (Å²) in [6.45, 7) is 0. The van der Waals surface area contributed by atoms with Gasteiger partial charge >= 0.3 is 0 Å². The van der Waals surface area contributed by atoms with Gasteiger partial charge in [-0.2, -0.15) is 11.3 Å². The molecule has 110 valence electrons. The molecule has 0 spiro atoms. The van der Waals surface area contributed by atoms with Gasteiger partial charge in [-0.3, -0.25) is 4.79 Å². The first-order chi connectivity index (χ1) is 10.3. The van der Waals surface area contributed by atoms with Crippen LogP contribution in [0.3, 0.4) is 0 Å². The number of carbonyl (C=O) groups is 1. The van der Waals surface area contributed by atoms with E-state index in [1.807, 2.05) is 22.9 Å². The second-order valence-electron chi connectivity index (χ2n) is 5.81. The molecule has 1 unspecified atom stereocenters. The Kier molecular flexibility index (Phi) is 4.71. The molecule has 0 aliphatic heterocycles. The van der Waals surface area contributed by atoms with Crippen molar-refractivity contribution >= 4 is 17.2 Å². The molecule has 3 heteroatoms. The van der Waals surface area contributed by atoms with Gasteiger partial charge in [0.05, 0.1) is 12.5 Å². The number of hydrogen-bond donors (Lipinski definition) is 1. The van der Waals surface area contributed by atoms with Crippen molar-refractivity contribution in [3.05, 3.63) is 58.3 Å². The predicted molar refractivity (Wildman–Crippen MR) is 87.3 cm³/mol. The van der Waals surface area contributed by atoms with Gasteiger partial charge in [0, 0.05) is 0 Å². The van der Waals surface area contributed by atoms with E-state index in [4.69, 9.17) is 0 Å². The number of hydrogen-bond acceptors (Lipinski definition) is 2. The molecular weight excluding hydrogens is 278 g/mol. The van der Waals surface area contributed by atoms with E-state index in [1.54, 1.807) is 11.3 Å². The highest BCUT2D eigenvalue weighted by Crippen LogP contribution is 2.35. The number of benzene rings is 1. The molecule has 21 heavy (non-hydrogen) atoms. The van der Waals surface area contributed by atoms with Gasteiger partial charge in [-0.1, -0.05) is 43.2 Å². The minimum atomic E-state index is 0.133. The van der Waals surface area contributed by atoms with Crippen LogP contribution >= 0.6 is 11.3 Å². The molecule has 2 aromatic rings. The first-order valence-corrected chi connectivity index (χ1v) is 8.62. The summed E-state index contributed by atoms with van der Waals surface area (Å²) in [6, 6.07) is 12.6. The molecule has 0 radical (unpaired) electrons. The summed E-state index contributed by atoms with van der Waals surface area (Å²) in [7, 11) is 0. The number of carbonyl (C=O) groups excluding carboxylic acids is 1. The lowest BCUT2D eigenvalue weighted by Gasteiger charge is -2.25. The Morgan fingerprint density at radius 1 is 1.19 bits per heavy atom. The van der Waals surface area contributed by atoms with Gasteiger partial charge in [0.1, 0.15) is 0 Å². The van der Waals surface area contributed by atoms with Crippen molar-refractivity contribution in [2.24, 2.45) is 5.92 Å². The topological polar surface area (TPSA) is 29.1 Å². The fourth-order valence-corrected chi connectivity index (χ4v) is 3.90. The van der Waals surface area contributed by atoms with Crippen molar-refractivity contribution in [2.75, 3.05) is 0 Å². The van der Waals surface area contributed by atoms with Crippen molar-refractivity contribution in [1.29, 1.82) is 0 Å². The molecule has 1 aromatic carbocycles. The fraction of sp³-hybridized carbons (Fsp3) is 0.389. The number of thiophene rings is 1. The predicted octanol–water partition coefficient (Wildman–Crippen LogP) is 4.34. The number of amides is 1. The fourth-order valence-electron chi connectivity index (χ4n) is 3.23. The molecule has 1 fully saturated rings. The van der Waals surface area contributed by atoms with E-state index >= 15 is 0 Å². The normalized spacial score (nSPS) is 16.8. The van der Waals surface area contributed by atoms with Crippen molar-refractivity contribution < 1.29 is 4.79 Å². The summed E-state index contributed by atoms with van der Waals surface area (Å²) in [5.41, 5.74) is 2.35. The van der Waals surface area contributed by atoms with Crippen LogP contribution < -0.4 is 5.32 Å². The van der Waals surface area contributed by atoms with Crippen LogP contribution in [0.5, 0.6) is 0 Å². The third kappa shape index (κ3) is 3.73. The Bertz CT molecular complexity index is 558. The molecule has 1 N–H and O–H groups in total. The highest BCUT2D eigenvalue weighted by Gasteiger charge is 2.27. The lowest BCUT2D eigenvalue weighted by atomic mass is 9.91. The molecule has 2 nitrogen and oxygen atoms in total. The molecule has 0 bridgehead atoms. The Labute approximate surface area is 130 Å². The van der Waals surface area contributed by atoms with Gasteiger partial charge in [0.2, 0.25) is 5.91 Å². The molecule has 1 aromatic heterocycles. The summed E-state index contributed by atoms with van der Waals surface area (Å²) in [6.07, 6.45) is 5.50. The zero-order chi connectivity index (χ0) is 14.5. The van der Waals surface area contributed by atoms with Crippen LogP contribution in [0, 0.1) is 5.92 Å². The molecular formula is C18H21NOS. The molecule has 1 saturated carbocycles.